The molecule has 2 N–H and O–H groups in total. The molecular weight excluding hydrogens is 340 g/mol. The van der Waals surface area contributed by atoms with Crippen molar-refractivity contribution in [3.8, 4) is 5.75 Å². The second kappa shape index (κ2) is 11.2. The lowest BCUT2D eigenvalue weighted by atomic mass is 10.2. The van der Waals surface area contributed by atoms with Gasteiger partial charge in [-0.25, -0.2) is 0 Å². The summed E-state index contributed by atoms with van der Waals surface area (Å²) in [6.45, 7) is 8.24. The van der Waals surface area contributed by atoms with Crippen LogP contribution in [0.2, 0.25) is 5.02 Å². The number of nitrogens with one attached hydrogen (secondary N) is 2. The van der Waals surface area contributed by atoms with Gasteiger partial charge in [-0.3, -0.25) is 9.89 Å². The standard InChI is InChI=1S/C18H29ClN4O2/c1-3-15(25-17-7-5-4-6-16(17)19)14-22-18(20-2)21-8-9-23-10-12-24-13-11-23/h4-7,15H,3,8-14H2,1-2H3,(H2,20,21,22). The van der Waals surface area contributed by atoms with Crippen molar-refractivity contribution in [1.82, 2.24) is 15.5 Å². The van der Waals surface area contributed by atoms with E-state index in [9.17, 15) is 0 Å². The minimum Gasteiger partial charge on any atom is -0.487 e. The molecule has 0 aliphatic carbocycles. The first kappa shape index (κ1) is 19.8. The smallest absolute Gasteiger partial charge is 0.191 e. The molecule has 0 saturated carbocycles. The summed E-state index contributed by atoms with van der Waals surface area (Å²) in [6, 6.07) is 7.55. The van der Waals surface area contributed by atoms with Crippen LogP contribution in [-0.4, -0.2) is 69.9 Å². The molecule has 140 valence electrons. The molecule has 1 heterocycles. The molecule has 0 spiro atoms. The highest BCUT2D eigenvalue weighted by atomic mass is 35.5. The summed E-state index contributed by atoms with van der Waals surface area (Å²) >= 11 is 6.16. The predicted molar refractivity (Wildman–Crippen MR) is 103 cm³/mol. The van der Waals surface area contributed by atoms with E-state index in [0.29, 0.717) is 17.3 Å². The van der Waals surface area contributed by atoms with Gasteiger partial charge >= 0.3 is 0 Å². The third-order valence-corrected chi connectivity index (χ3v) is 4.44. The lowest BCUT2D eigenvalue weighted by molar-refractivity contribution is 0.0389. The molecular formula is C18H29ClN4O2. The number of hydrogen-bond acceptors (Lipinski definition) is 4. The number of benzene rings is 1. The van der Waals surface area contributed by atoms with Gasteiger partial charge in [0.15, 0.2) is 5.96 Å². The molecule has 0 radical (unpaired) electrons. The Hall–Kier alpha value is -1.50. The van der Waals surface area contributed by atoms with E-state index in [0.717, 1.165) is 51.8 Å². The minimum atomic E-state index is 0.0256. The molecule has 1 fully saturated rings. The molecule has 1 aliphatic rings. The van der Waals surface area contributed by atoms with E-state index in [1.165, 1.54) is 0 Å². The largest absolute Gasteiger partial charge is 0.487 e. The van der Waals surface area contributed by atoms with Crippen molar-refractivity contribution in [2.24, 2.45) is 4.99 Å². The summed E-state index contributed by atoms with van der Waals surface area (Å²) in [7, 11) is 1.78. The zero-order valence-corrected chi connectivity index (χ0v) is 15.9. The molecule has 0 amide bonds. The molecule has 7 heteroatoms. The second-order valence-corrected chi connectivity index (χ2v) is 6.32. The van der Waals surface area contributed by atoms with Crippen molar-refractivity contribution in [2.75, 3.05) is 53.0 Å². The maximum Gasteiger partial charge on any atom is 0.191 e. The number of guanidine groups is 1. The Morgan fingerprint density at radius 2 is 2.08 bits per heavy atom. The Labute approximate surface area is 155 Å². The number of para-hydroxylation sites is 1. The van der Waals surface area contributed by atoms with Gasteiger partial charge in [0.05, 0.1) is 24.8 Å². The van der Waals surface area contributed by atoms with Crippen LogP contribution in [0.1, 0.15) is 13.3 Å². The van der Waals surface area contributed by atoms with Crippen LogP contribution in [0.4, 0.5) is 0 Å². The lowest BCUT2D eigenvalue weighted by Gasteiger charge is -2.27. The third kappa shape index (κ3) is 7.10. The van der Waals surface area contributed by atoms with Gasteiger partial charge in [-0.05, 0) is 18.6 Å². The van der Waals surface area contributed by atoms with Crippen LogP contribution in [0, 0.1) is 0 Å². The van der Waals surface area contributed by atoms with Crippen LogP contribution in [0.3, 0.4) is 0 Å². The second-order valence-electron chi connectivity index (χ2n) is 5.91. The number of ether oxygens (including phenoxy) is 2. The van der Waals surface area contributed by atoms with Gasteiger partial charge < -0.3 is 20.1 Å². The third-order valence-electron chi connectivity index (χ3n) is 4.13. The minimum absolute atomic E-state index is 0.0256. The monoisotopic (exact) mass is 368 g/mol. The van der Waals surface area contributed by atoms with Gasteiger partial charge in [-0.1, -0.05) is 30.7 Å². The maximum atomic E-state index is 6.16. The molecule has 0 bridgehead atoms. The van der Waals surface area contributed by atoms with Gasteiger partial charge in [0.2, 0.25) is 0 Å². The average Bonchev–Trinajstić information content (AvgIpc) is 2.65. The number of hydrogen-bond donors (Lipinski definition) is 2. The SMILES string of the molecule is CCC(CNC(=NC)NCCN1CCOCC1)Oc1ccccc1Cl. The van der Waals surface area contributed by atoms with Crippen molar-refractivity contribution >= 4 is 17.6 Å². The number of nitrogens with zero attached hydrogens (tertiary/aromatic N) is 2. The van der Waals surface area contributed by atoms with E-state index in [4.69, 9.17) is 21.1 Å². The predicted octanol–water partition coefficient (Wildman–Crippen LogP) is 1.99. The first-order valence-electron chi connectivity index (χ1n) is 8.88. The summed E-state index contributed by atoms with van der Waals surface area (Å²) < 4.78 is 11.4. The number of morpholine rings is 1. The van der Waals surface area contributed by atoms with Crippen LogP contribution < -0.4 is 15.4 Å². The first-order chi connectivity index (χ1) is 12.2. The Kier molecular flexibility index (Phi) is 8.86. The highest BCUT2D eigenvalue weighted by Gasteiger charge is 2.12. The molecule has 1 unspecified atom stereocenters. The fourth-order valence-corrected chi connectivity index (χ4v) is 2.76. The molecule has 2 rings (SSSR count). The van der Waals surface area contributed by atoms with Crippen LogP contribution in [-0.2, 0) is 4.74 Å². The first-order valence-corrected chi connectivity index (χ1v) is 9.26. The molecule has 0 aromatic heterocycles. The van der Waals surface area contributed by atoms with E-state index in [-0.39, 0.29) is 6.10 Å². The van der Waals surface area contributed by atoms with E-state index in [1.54, 1.807) is 7.05 Å². The van der Waals surface area contributed by atoms with Gasteiger partial charge in [-0.2, -0.15) is 0 Å². The molecule has 25 heavy (non-hydrogen) atoms. The molecule has 1 aromatic carbocycles. The van der Waals surface area contributed by atoms with Crippen LogP contribution in [0.15, 0.2) is 29.3 Å². The lowest BCUT2D eigenvalue weighted by Crippen LogP contribution is -2.46. The van der Waals surface area contributed by atoms with E-state index in [2.05, 4.69) is 27.4 Å². The summed E-state index contributed by atoms with van der Waals surface area (Å²) in [5.74, 6) is 1.50. The Morgan fingerprint density at radius 3 is 2.76 bits per heavy atom. The number of rotatable bonds is 8. The highest BCUT2D eigenvalue weighted by Crippen LogP contribution is 2.24. The van der Waals surface area contributed by atoms with Crippen LogP contribution in [0.5, 0.6) is 5.75 Å². The normalized spacial score (nSPS) is 17.2. The number of halogens is 1. The zero-order valence-electron chi connectivity index (χ0n) is 15.1. The van der Waals surface area contributed by atoms with Crippen molar-refractivity contribution < 1.29 is 9.47 Å². The molecule has 6 nitrogen and oxygen atoms in total. The molecule has 1 aromatic rings. The average molecular weight is 369 g/mol. The van der Waals surface area contributed by atoms with Crippen molar-refractivity contribution in [1.29, 1.82) is 0 Å². The van der Waals surface area contributed by atoms with E-state index in [1.807, 2.05) is 24.3 Å². The van der Waals surface area contributed by atoms with Crippen molar-refractivity contribution in [3.63, 3.8) is 0 Å². The topological polar surface area (TPSA) is 58.1 Å². The Morgan fingerprint density at radius 1 is 1.32 bits per heavy atom. The fourth-order valence-electron chi connectivity index (χ4n) is 2.58. The Balaban J connectivity index is 1.71. The van der Waals surface area contributed by atoms with Crippen LogP contribution in [0.25, 0.3) is 0 Å². The van der Waals surface area contributed by atoms with E-state index < -0.39 is 0 Å². The maximum absolute atomic E-state index is 6.16. The van der Waals surface area contributed by atoms with Crippen molar-refractivity contribution in [2.45, 2.75) is 19.4 Å². The summed E-state index contributed by atoms with van der Waals surface area (Å²) in [6.07, 6.45) is 0.904. The Bertz CT molecular complexity index is 536. The summed E-state index contributed by atoms with van der Waals surface area (Å²) in [5, 5.41) is 7.30. The molecule has 1 saturated heterocycles. The van der Waals surface area contributed by atoms with Crippen molar-refractivity contribution in [3.05, 3.63) is 29.3 Å². The summed E-state index contributed by atoms with van der Waals surface area (Å²) in [4.78, 5) is 6.66. The van der Waals surface area contributed by atoms with Gasteiger partial charge in [0.1, 0.15) is 11.9 Å². The van der Waals surface area contributed by atoms with Gasteiger partial charge in [-0.15, -0.1) is 0 Å². The number of aliphatic imine (C=N–C) groups is 1. The van der Waals surface area contributed by atoms with Crippen LogP contribution >= 0.6 is 11.6 Å². The fraction of sp³-hybridized carbons (Fsp3) is 0.611. The van der Waals surface area contributed by atoms with E-state index >= 15 is 0 Å². The van der Waals surface area contributed by atoms with Gasteiger partial charge in [0, 0.05) is 33.2 Å². The molecule has 1 atom stereocenters. The highest BCUT2D eigenvalue weighted by molar-refractivity contribution is 6.32. The summed E-state index contributed by atoms with van der Waals surface area (Å²) in [5.41, 5.74) is 0. The quantitative estimate of drug-likeness (QED) is 0.543. The zero-order chi connectivity index (χ0) is 17.9. The molecule has 1 aliphatic heterocycles. The van der Waals surface area contributed by atoms with Gasteiger partial charge in [0.25, 0.3) is 0 Å².